The maximum absolute atomic E-state index is 5.82. The van der Waals surface area contributed by atoms with Gasteiger partial charge in [0, 0.05) is 31.8 Å². The summed E-state index contributed by atoms with van der Waals surface area (Å²) in [5.41, 5.74) is 5.82. The third kappa shape index (κ3) is 3.95. The van der Waals surface area contributed by atoms with Crippen LogP contribution in [0.5, 0.6) is 0 Å². The Kier molecular flexibility index (Phi) is 4.85. The van der Waals surface area contributed by atoms with Crippen molar-refractivity contribution in [2.45, 2.75) is 51.8 Å². The van der Waals surface area contributed by atoms with Gasteiger partial charge in [-0.15, -0.1) is 0 Å². The SMILES string of the molecule is CC(N)CC(C)N1CCCOC(C)C1. The van der Waals surface area contributed by atoms with Crippen molar-refractivity contribution in [3.8, 4) is 0 Å². The molecule has 14 heavy (non-hydrogen) atoms. The second-order valence-corrected chi connectivity index (χ2v) is 4.59. The molecule has 0 saturated carbocycles. The van der Waals surface area contributed by atoms with E-state index in [2.05, 4.69) is 25.7 Å². The van der Waals surface area contributed by atoms with Gasteiger partial charge in [-0.1, -0.05) is 0 Å². The van der Waals surface area contributed by atoms with Crippen LogP contribution in [0, 0.1) is 0 Å². The fraction of sp³-hybridized carbons (Fsp3) is 1.00. The lowest BCUT2D eigenvalue weighted by atomic mass is 10.1. The predicted molar refractivity (Wildman–Crippen MR) is 59.3 cm³/mol. The lowest BCUT2D eigenvalue weighted by Crippen LogP contribution is -2.40. The van der Waals surface area contributed by atoms with E-state index in [-0.39, 0.29) is 0 Å². The van der Waals surface area contributed by atoms with Gasteiger partial charge in [0.15, 0.2) is 0 Å². The molecular weight excluding hydrogens is 176 g/mol. The number of rotatable bonds is 3. The second-order valence-electron chi connectivity index (χ2n) is 4.59. The molecule has 1 heterocycles. The third-order valence-corrected chi connectivity index (χ3v) is 2.82. The Morgan fingerprint density at radius 2 is 2.21 bits per heavy atom. The van der Waals surface area contributed by atoms with Crippen LogP contribution in [0.4, 0.5) is 0 Å². The van der Waals surface area contributed by atoms with E-state index in [9.17, 15) is 0 Å². The molecule has 0 spiro atoms. The predicted octanol–water partition coefficient (Wildman–Crippen LogP) is 1.22. The van der Waals surface area contributed by atoms with Crippen molar-refractivity contribution < 1.29 is 4.74 Å². The van der Waals surface area contributed by atoms with E-state index in [1.165, 1.54) is 0 Å². The normalized spacial score (nSPS) is 29.6. The minimum Gasteiger partial charge on any atom is -0.377 e. The van der Waals surface area contributed by atoms with Crippen LogP contribution in [-0.2, 0) is 4.74 Å². The summed E-state index contributed by atoms with van der Waals surface area (Å²) >= 11 is 0. The van der Waals surface area contributed by atoms with Gasteiger partial charge in [-0.2, -0.15) is 0 Å². The van der Waals surface area contributed by atoms with Crippen molar-refractivity contribution in [2.24, 2.45) is 5.73 Å². The van der Waals surface area contributed by atoms with Crippen LogP contribution in [0.15, 0.2) is 0 Å². The first-order valence-corrected chi connectivity index (χ1v) is 5.71. The molecule has 3 heteroatoms. The lowest BCUT2D eigenvalue weighted by Gasteiger charge is -2.29. The number of hydrogen-bond acceptors (Lipinski definition) is 3. The highest BCUT2D eigenvalue weighted by molar-refractivity contribution is 4.75. The molecule has 0 bridgehead atoms. The summed E-state index contributed by atoms with van der Waals surface area (Å²) in [6, 6.07) is 0.878. The molecule has 0 radical (unpaired) electrons. The molecule has 0 aromatic heterocycles. The van der Waals surface area contributed by atoms with Gasteiger partial charge >= 0.3 is 0 Å². The maximum Gasteiger partial charge on any atom is 0.0673 e. The van der Waals surface area contributed by atoms with Crippen LogP contribution >= 0.6 is 0 Å². The third-order valence-electron chi connectivity index (χ3n) is 2.82. The quantitative estimate of drug-likeness (QED) is 0.744. The zero-order valence-electron chi connectivity index (χ0n) is 9.70. The summed E-state index contributed by atoms with van der Waals surface area (Å²) < 4.78 is 5.62. The highest BCUT2D eigenvalue weighted by Crippen LogP contribution is 2.12. The maximum atomic E-state index is 5.82. The summed E-state index contributed by atoms with van der Waals surface area (Å²) in [7, 11) is 0. The molecule has 1 rings (SSSR count). The summed E-state index contributed by atoms with van der Waals surface area (Å²) in [4.78, 5) is 2.50. The standard InChI is InChI=1S/C11H24N2O/c1-9(12)7-10(2)13-5-4-6-14-11(3)8-13/h9-11H,4-8,12H2,1-3H3. The summed E-state index contributed by atoms with van der Waals surface area (Å²) in [6.07, 6.45) is 2.59. The van der Waals surface area contributed by atoms with Crippen molar-refractivity contribution in [3.05, 3.63) is 0 Å². The second kappa shape index (κ2) is 5.69. The van der Waals surface area contributed by atoms with Gasteiger partial charge in [0.1, 0.15) is 0 Å². The molecule has 0 aliphatic carbocycles. The Hall–Kier alpha value is -0.120. The molecule has 1 fully saturated rings. The van der Waals surface area contributed by atoms with E-state index < -0.39 is 0 Å². The van der Waals surface area contributed by atoms with E-state index in [1.54, 1.807) is 0 Å². The molecule has 2 N–H and O–H groups in total. The van der Waals surface area contributed by atoms with Gasteiger partial charge in [0.25, 0.3) is 0 Å². The zero-order chi connectivity index (χ0) is 10.6. The van der Waals surface area contributed by atoms with Crippen molar-refractivity contribution in [1.29, 1.82) is 0 Å². The average Bonchev–Trinajstić information content (AvgIpc) is 2.28. The van der Waals surface area contributed by atoms with E-state index in [1.807, 2.05) is 0 Å². The van der Waals surface area contributed by atoms with Crippen molar-refractivity contribution in [3.63, 3.8) is 0 Å². The monoisotopic (exact) mass is 200 g/mol. The van der Waals surface area contributed by atoms with Crippen LogP contribution in [0.1, 0.15) is 33.6 Å². The highest BCUT2D eigenvalue weighted by atomic mass is 16.5. The first-order chi connectivity index (χ1) is 6.59. The van der Waals surface area contributed by atoms with Gasteiger partial charge in [-0.05, 0) is 33.6 Å². The Labute approximate surface area is 87.6 Å². The van der Waals surface area contributed by atoms with Crippen molar-refractivity contribution in [1.82, 2.24) is 4.90 Å². The van der Waals surface area contributed by atoms with Crippen LogP contribution in [0.25, 0.3) is 0 Å². The molecule has 1 aliphatic heterocycles. The Balaban J connectivity index is 2.39. The van der Waals surface area contributed by atoms with Gasteiger partial charge in [-0.3, -0.25) is 4.90 Å². The largest absolute Gasteiger partial charge is 0.377 e. The van der Waals surface area contributed by atoms with Gasteiger partial charge in [-0.25, -0.2) is 0 Å². The average molecular weight is 200 g/mol. The van der Waals surface area contributed by atoms with E-state index in [0.717, 1.165) is 32.5 Å². The molecule has 0 aromatic rings. The molecule has 0 amide bonds. The first kappa shape index (κ1) is 12.0. The molecule has 1 aliphatic rings. The summed E-state index contributed by atoms with van der Waals surface area (Å²) in [6.45, 7) is 9.60. The molecule has 1 saturated heterocycles. The van der Waals surface area contributed by atoms with Crippen LogP contribution in [0.3, 0.4) is 0 Å². The Morgan fingerprint density at radius 3 is 2.86 bits per heavy atom. The Morgan fingerprint density at radius 1 is 1.50 bits per heavy atom. The Bertz CT molecular complexity index is 161. The summed E-state index contributed by atoms with van der Waals surface area (Å²) in [5.74, 6) is 0. The van der Waals surface area contributed by atoms with E-state index >= 15 is 0 Å². The number of nitrogens with two attached hydrogens (primary N) is 1. The van der Waals surface area contributed by atoms with Crippen molar-refractivity contribution in [2.75, 3.05) is 19.7 Å². The van der Waals surface area contributed by atoms with Crippen LogP contribution in [0.2, 0.25) is 0 Å². The minimum absolute atomic E-state index is 0.296. The topological polar surface area (TPSA) is 38.5 Å². The van der Waals surface area contributed by atoms with Crippen LogP contribution in [-0.4, -0.2) is 42.8 Å². The molecule has 84 valence electrons. The molecular formula is C11H24N2O. The molecule has 0 aromatic carbocycles. The number of hydrogen-bond donors (Lipinski definition) is 1. The number of ether oxygens (including phenoxy) is 1. The fourth-order valence-electron chi connectivity index (χ4n) is 2.11. The molecule has 3 nitrogen and oxygen atoms in total. The van der Waals surface area contributed by atoms with Crippen molar-refractivity contribution >= 4 is 0 Å². The summed E-state index contributed by atoms with van der Waals surface area (Å²) in [5, 5.41) is 0. The van der Waals surface area contributed by atoms with Gasteiger partial charge in [0.2, 0.25) is 0 Å². The van der Waals surface area contributed by atoms with Gasteiger partial charge in [0.05, 0.1) is 6.10 Å². The van der Waals surface area contributed by atoms with E-state index in [0.29, 0.717) is 18.2 Å². The minimum atomic E-state index is 0.296. The number of nitrogens with zero attached hydrogens (tertiary/aromatic N) is 1. The smallest absolute Gasteiger partial charge is 0.0673 e. The highest BCUT2D eigenvalue weighted by Gasteiger charge is 2.20. The lowest BCUT2D eigenvalue weighted by molar-refractivity contribution is 0.0609. The first-order valence-electron chi connectivity index (χ1n) is 5.71. The molecule has 3 unspecified atom stereocenters. The van der Waals surface area contributed by atoms with E-state index in [4.69, 9.17) is 10.5 Å². The molecule has 3 atom stereocenters. The van der Waals surface area contributed by atoms with Gasteiger partial charge < -0.3 is 10.5 Å². The van der Waals surface area contributed by atoms with Crippen LogP contribution < -0.4 is 5.73 Å². The fourth-order valence-corrected chi connectivity index (χ4v) is 2.11. The zero-order valence-corrected chi connectivity index (χ0v) is 9.70.